The third-order valence-corrected chi connectivity index (χ3v) is 42.0. The molecule has 6 heterocycles. The van der Waals surface area contributed by atoms with E-state index in [1.54, 1.807) is 12.5 Å². The van der Waals surface area contributed by atoms with Crippen LogP contribution in [0, 0.1) is 138 Å². The molecule has 0 aromatic carbocycles. The summed E-state index contributed by atoms with van der Waals surface area (Å²) in [6.45, 7) is 19.5. The highest BCUT2D eigenvalue weighted by molar-refractivity contribution is 5.42. The number of hydrogen-bond donors (Lipinski definition) is 8. The number of nitrogens with zero attached hydrogens (tertiary/aromatic N) is 6. The average Bonchev–Trinajstić information content (AvgIpc) is 1.43. The Morgan fingerprint density at radius 3 is 0.967 bits per heavy atom. The first-order valence-corrected chi connectivity index (χ1v) is 49.5. The molecular formula is C104H154N6O10. The maximum absolute atomic E-state index is 10.8. The summed E-state index contributed by atoms with van der Waals surface area (Å²) in [5, 5.41) is 91.7. The Morgan fingerprint density at radius 1 is 0.342 bits per heavy atom. The van der Waals surface area contributed by atoms with Crippen LogP contribution in [0.15, 0.2) is 94.8 Å². The van der Waals surface area contributed by atoms with E-state index in [0.717, 1.165) is 196 Å². The fraction of sp³-hybridized carbons (Fsp3) is 0.808. The van der Waals surface area contributed by atoms with Gasteiger partial charge < -0.3 is 58.7 Å². The largest absolute Gasteiger partial charge is 0.396 e. The van der Waals surface area contributed by atoms with E-state index in [9.17, 15) is 40.9 Å². The van der Waals surface area contributed by atoms with E-state index in [-0.39, 0.29) is 21.7 Å². The van der Waals surface area contributed by atoms with Gasteiger partial charge in [-0.05, 0) is 447 Å². The zero-order chi connectivity index (χ0) is 83.4. The number of imidazole rings is 2. The van der Waals surface area contributed by atoms with Crippen LogP contribution in [0.25, 0.3) is 11.3 Å². The Morgan fingerprint density at radius 2 is 0.667 bits per heavy atom. The number of hydrogen-bond acceptors (Lipinski definition) is 14. The third kappa shape index (κ3) is 14.1. The van der Waals surface area contributed by atoms with Gasteiger partial charge >= 0.3 is 0 Å². The Hall–Kier alpha value is -4.52. The van der Waals surface area contributed by atoms with Gasteiger partial charge in [0.2, 0.25) is 0 Å². The number of fused-ring (bicyclic) bond motifs is 22. The zero-order valence-corrected chi connectivity index (χ0v) is 74.8. The van der Waals surface area contributed by atoms with Gasteiger partial charge in [0.05, 0.1) is 45.7 Å². The second-order valence-electron chi connectivity index (χ2n) is 47.0. The minimum atomic E-state index is -0.513. The minimum absolute atomic E-state index is 0.252. The Balaban J connectivity index is 0.000000106. The summed E-state index contributed by atoms with van der Waals surface area (Å²) in [6, 6.07) is 16.7. The molecule has 16 saturated carbocycles. The van der Waals surface area contributed by atoms with Crippen LogP contribution < -0.4 is 0 Å². The van der Waals surface area contributed by atoms with Crippen LogP contribution in [-0.4, -0.2) is 119 Å². The van der Waals surface area contributed by atoms with Crippen molar-refractivity contribution >= 4 is 11.3 Å². The van der Waals surface area contributed by atoms with Crippen LogP contribution in [0.2, 0.25) is 0 Å². The summed E-state index contributed by atoms with van der Waals surface area (Å²) in [5.41, 5.74) is 6.22. The smallest absolute Gasteiger partial charge is 0.140 e. The number of pyridine rings is 2. The SMILES string of the molecule is C[C@@]1(O)CC[C@@]2(CCO)[C@@H](CCC3[C@@H]4CC[C@H](c5cn6ccccc6n5)[C@@]4(C)CC[C@@H]32)C1.C[C@@]1(O)CC[C@@]2(CCO)[C@H](CCC3[C@@H]4CC[C@H](c5cn6ccccc6n5)[C@@]4(C)CC[C@@H]32)C1.C[C@@]1(O)CC[C@@]2(CCO)[C@H](CC[C@H]3[C@@H]4CC[C@H](c5ccno5)[C@@]4(C)CC[C@@H]32)C1.C[C@@]1(O)CC[C@@]2(CCO)[C@H](CC[C@H]3[C@@H]4CC[C@H](c5ccon5)[C@@]4(C)CC[C@@H]32)C1. The maximum atomic E-state index is 10.8. The molecule has 16 aliphatic rings. The van der Waals surface area contributed by atoms with Crippen molar-refractivity contribution in [1.29, 1.82) is 0 Å². The fourth-order valence-electron chi connectivity index (χ4n) is 36.7. The molecule has 0 aliphatic heterocycles. The quantitative estimate of drug-likeness (QED) is 0.0568. The lowest BCUT2D eigenvalue weighted by molar-refractivity contribution is -0.158. The number of aliphatic hydroxyl groups is 8. The lowest BCUT2D eigenvalue weighted by Crippen LogP contribution is -2.56. The lowest BCUT2D eigenvalue weighted by Gasteiger charge is -2.63. The van der Waals surface area contributed by atoms with Gasteiger partial charge in [0, 0.05) is 87.0 Å². The molecule has 16 aliphatic carbocycles. The van der Waals surface area contributed by atoms with E-state index in [4.69, 9.17) is 19.0 Å². The van der Waals surface area contributed by atoms with Gasteiger partial charge in [0.25, 0.3) is 0 Å². The normalized spacial score (nSPS) is 48.1. The Labute approximate surface area is 717 Å². The highest BCUT2D eigenvalue weighted by atomic mass is 16.5. The molecule has 0 amide bonds. The van der Waals surface area contributed by atoms with Crippen molar-refractivity contribution in [3.63, 3.8) is 0 Å². The third-order valence-electron chi connectivity index (χ3n) is 42.0. The van der Waals surface area contributed by atoms with Crippen molar-refractivity contribution in [2.75, 3.05) is 26.4 Å². The molecule has 22 rings (SSSR count). The maximum Gasteiger partial charge on any atom is 0.140 e. The molecule has 120 heavy (non-hydrogen) atoms. The topological polar surface area (TPSA) is 248 Å². The summed E-state index contributed by atoms with van der Waals surface area (Å²) in [6.07, 6.45) is 58.5. The van der Waals surface area contributed by atoms with Crippen LogP contribution in [0.5, 0.6) is 0 Å². The monoisotopic (exact) mass is 1650 g/mol. The van der Waals surface area contributed by atoms with E-state index in [2.05, 4.69) is 120 Å². The van der Waals surface area contributed by atoms with Crippen LogP contribution in [0.3, 0.4) is 0 Å². The first-order chi connectivity index (χ1) is 57.5. The van der Waals surface area contributed by atoms with Gasteiger partial charge in [0.15, 0.2) is 0 Å². The first-order valence-electron chi connectivity index (χ1n) is 49.5. The molecule has 6 aromatic heterocycles. The standard InChI is InChI=1S/2C28H40N2O2.2C24H37NO3/c2*1-26(32)12-13-28(14-16-31)19(17-26)6-7-20-21-8-9-23(27(21,2)11-10-22(20)28)24-18-30-15-4-3-5-25(30)29-24;1-22(27)10-11-24(12-13-26)16(15-22)3-4-17-18-5-6-20(21-8-14-28-25-21)23(18,2)9-7-19(17)24;1-22(27)10-11-24(12-14-26)16(15-22)3-4-17-18-5-6-20(21-8-13-25-28-21)23(18,2)9-7-19(17)24/h2*3-5,15,18-23,31-32H,6-14,16-17H2,1-2H3;8,14,16-20,26-27H,3-7,9-13,15H2,1-2H3;8,13,16-20,26-27H,3-7,9-12,14-15H2,1-2H3/t19-,20?,21+,22+,23-,26-,27+,28-;19-,20?,21-,22-,23+,26+,27-,28+;2*16-,17+,18+,19+,20-,22-,23+,24-/m1011/s1. The highest BCUT2D eigenvalue weighted by Gasteiger charge is 2.68. The molecular weight excluding hydrogens is 1490 g/mol. The Bertz CT molecular complexity index is 4170. The van der Waals surface area contributed by atoms with E-state index < -0.39 is 22.4 Å². The van der Waals surface area contributed by atoms with Crippen molar-refractivity contribution < 1.29 is 49.9 Å². The van der Waals surface area contributed by atoms with Gasteiger partial charge in [-0.1, -0.05) is 50.1 Å². The second-order valence-corrected chi connectivity index (χ2v) is 47.0. The summed E-state index contributed by atoms with van der Waals surface area (Å²) in [5.74, 6) is 14.7. The van der Waals surface area contributed by atoms with E-state index >= 15 is 0 Å². The number of aliphatic hydroxyl groups excluding tert-OH is 4. The van der Waals surface area contributed by atoms with Crippen molar-refractivity contribution in [1.82, 2.24) is 29.1 Å². The zero-order valence-electron chi connectivity index (χ0n) is 74.8. The van der Waals surface area contributed by atoms with E-state index in [1.165, 1.54) is 165 Å². The molecule has 8 N–H and O–H groups in total. The molecule has 660 valence electrons. The summed E-state index contributed by atoms with van der Waals surface area (Å²) < 4.78 is 15.2. The first kappa shape index (κ1) is 84.9. The predicted octanol–water partition coefficient (Wildman–Crippen LogP) is 21.0. The molecule has 0 spiro atoms. The van der Waals surface area contributed by atoms with Crippen LogP contribution >= 0.6 is 0 Å². The highest BCUT2D eigenvalue weighted by Crippen LogP contribution is 2.76. The fourth-order valence-corrected chi connectivity index (χ4v) is 36.7. The van der Waals surface area contributed by atoms with Crippen molar-refractivity contribution in [2.45, 2.75) is 358 Å². The molecule has 16 fully saturated rings. The van der Waals surface area contributed by atoms with Crippen molar-refractivity contribution in [3.05, 3.63) is 109 Å². The van der Waals surface area contributed by atoms with Gasteiger partial charge in [-0.3, -0.25) is 0 Å². The van der Waals surface area contributed by atoms with E-state index in [0.29, 0.717) is 95.4 Å². The van der Waals surface area contributed by atoms with Gasteiger partial charge in [-0.15, -0.1) is 0 Å². The van der Waals surface area contributed by atoms with Crippen LogP contribution in [0.4, 0.5) is 0 Å². The number of rotatable bonds is 12. The average molecular weight is 1650 g/mol. The molecule has 0 bridgehead atoms. The summed E-state index contributed by atoms with van der Waals surface area (Å²) >= 11 is 0. The molecule has 0 radical (unpaired) electrons. The summed E-state index contributed by atoms with van der Waals surface area (Å²) in [4.78, 5) is 10.1. The molecule has 16 heteroatoms. The van der Waals surface area contributed by atoms with Crippen LogP contribution in [0.1, 0.15) is 359 Å². The Kier molecular flexibility index (Phi) is 22.5. The number of aromatic nitrogens is 6. The van der Waals surface area contributed by atoms with Gasteiger partial charge in [-0.25, -0.2) is 9.97 Å². The molecule has 32 atom stereocenters. The van der Waals surface area contributed by atoms with Gasteiger partial charge in [0.1, 0.15) is 23.3 Å². The summed E-state index contributed by atoms with van der Waals surface area (Å²) in [7, 11) is 0. The minimum Gasteiger partial charge on any atom is -0.396 e. The molecule has 6 aromatic rings. The van der Waals surface area contributed by atoms with Crippen LogP contribution in [-0.2, 0) is 0 Å². The van der Waals surface area contributed by atoms with E-state index in [1.807, 2.05) is 27.7 Å². The second kappa shape index (κ2) is 31.8. The molecule has 2 unspecified atom stereocenters. The van der Waals surface area contributed by atoms with Crippen molar-refractivity contribution in [3.8, 4) is 0 Å². The predicted molar refractivity (Wildman–Crippen MR) is 468 cm³/mol. The molecule has 0 saturated heterocycles. The molecule has 16 nitrogen and oxygen atoms in total. The van der Waals surface area contributed by atoms with Crippen molar-refractivity contribution in [2.24, 2.45) is 138 Å². The van der Waals surface area contributed by atoms with Gasteiger partial charge in [-0.2, -0.15) is 0 Å². The lowest BCUT2D eigenvalue weighted by atomic mass is 9.42.